The van der Waals surface area contributed by atoms with Gasteiger partial charge in [0.1, 0.15) is 5.41 Å². The lowest BCUT2D eigenvalue weighted by Crippen LogP contribution is -2.49. The van der Waals surface area contributed by atoms with Crippen LogP contribution in [-0.4, -0.2) is 17.9 Å². The molecule has 0 unspecified atom stereocenters. The molecule has 5 heteroatoms. The van der Waals surface area contributed by atoms with E-state index in [1.807, 2.05) is 25.1 Å². The summed E-state index contributed by atoms with van der Waals surface area (Å²) < 4.78 is 0.991. The highest BCUT2D eigenvalue weighted by Gasteiger charge is 2.37. The Morgan fingerprint density at radius 3 is 2.39 bits per heavy atom. The Morgan fingerprint density at radius 1 is 1.13 bits per heavy atom. The summed E-state index contributed by atoms with van der Waals surface area (Å²) in [6, 6.07) is 5.81. The molecule has 0 aliphatic heterocycles. The molecule has 2 rings (SSSR count). The fourth-order valence-electron chi connectivity index (χ4n) is 2.73. The Hall–Kier alpha value is -1.36. The van der Waals surface area contributed by atoms with E-state index in [0.717, 1.165) is 35.7 Å². The minimum Gasteiger partial charge on any atom is -0.352 e. The van der Waals surface area contributed by atoms with Gasteiger partial charge in [-0.1, -0.05) is 35.2 Å². The molecule has 0 bridgehead atoms. The molecule has 0 heterocycles. The second-order valence-electron chi connectivity index (χ2n) is 6.85. The smallest absolute Gasteiger partial charge is 0.239 e. The van der Waals surface area contributed by atoms with Crippen molar-refractivity contribution in [2.75, 3.05) is 5.32 Å². The molecule has 1 aliphatic carbocycles. The van der Waals surface area contributed by atoms with Gasteiger partial charge >= 0.3 is 0 Å². The summed E-state index contributed by atoms with van der Waals surface area (Å²) in [4.78, 5) is 25.0. The van der Waals surface area contributed by atoms with Gasteiger partial charge < -0.3 is 10.6 Å². The van der Waals surface area contributed by atoms with E-state index in [1.165, 1.54) is 6.42 Å². The number of nitrogens with one attached hydrogen (secondary N) is 2. The van der Waals surface area contributed by atoms with E-state index >= 15 is 0 Å². The molecule has 0 spiro atoms. The molecule has 0 radical (unpaired) electrons. The highest BCUT2D eigenvalue weighted by atomic mass is 79.9. The van der Waals surface area contributed by atoms with Crippen LogP contribution in [0.5, 0.6) is 0 Å². The molecule has 2 amide bonds. The van der Waals surface area contributed by atoms with Crippen molar-refractivity contribution in [1.29, 1.82) is 0 Å². The molecule has 126 valence electrons. The van der Waals surface area contributed by atoms with E-state index in [4.69, 9.17) is 0 Å². The summed E-state index contributed by atoms with van der Waals surface area (Å²) in [7, 11) is 0. The van der Waals surface area contributed by atoms with Crippen LogP contribution in [0, 0.1) is 12.3 Å². The predicted molar refractivity (Wildman–Crippen MR) is 96.3 cm³/mol. The molecule has 0 atom stereocenters. The fourth-order valence-corrected chi connectivity index (χ4v) is 2.97. The number of carbonyl (C=O) groups is 2. The van der Waals surface area contributed by atoms with E-state index in [9.17, 15) is 9.59 Å². The molecular formula is C18H25BrN2O2. The predicted octanol–water partition coefficient (Wildman–Crippen LogP) is 4.17. The van der Waals surface area contributed by atoms with Crippen molar-refractivity contribution in [2.24, 2.45) is 5.41 Å². The third-order valence-electron chi connectivity index (χ3n) is 4.49. The maximum Gasteiger partial charge on any atom is 0.239 e. The third-order valence-corrected chi connectivity index (χ3v) is 5.38. The summed E-state index contributed by atoms with van der Waals surface area (Å²) in [6.45, 7) is 5.30. The number of hydrogen-bond donors (Lipinski definition) is 2. The molecule has 1 aromatic carbocycles. The van der Waals surface area contributed by atoms with Crippen molar-refractivity contribution in [1.82, 2.24) is 5.32 Å². The summed E-state index contributed by atoms with van der Waals surface area (Å²) in [5, 5.41) is 5.89. The molecule has 1 saturated carbocycles. The number of benzene rings is 1. The minimum atomic E-state index is -1.10. The SMILES string of the molecule is Cc1cc(NC(=O)C(C)(C)C(=O)NC2CCCCC2)ccc1Br. The molecule has 4 nitrogen and oxygen atoms in total. The molecule has 1 fully saturated rings. The number of anilines is 1. The Bertz CT molecular complexity index is 593. The van der Waals surface area contributed by atoms with Gasteiger partial charge in [0.25, 0.3) is 0 Å². The van der Waals surface area contributed by atoms with E-state index in [1.54, 1.807) is 13.8 Å². The summed E-state index contributed by atoms with van der Waals surface area (Å²) >= 11 is 3.44. The average Bonchev–Trinajstić information content (AvgIpc) is 2.51. The number of carbonyl (C=O) groups excluding carboxylic acids is 2. The van der Waals surface area contributed by atoms with E-state index in [0.29, 0.717) is 5.69 Å². The van der Waals surface area contributed by atoms with Crippen molar-refractivity contribution in [3.05, 3.63) is 28.2 Å². The lowest BCUT2D eigenvalue weighted by Gasteiger charge is -2.28. The zero-order chi connectivity index (χ0) is 17.0. The van der Waals surface area contributed by atoms with Crippen LogP contribution >= 0.6 is 15.9 Å². The van der Waals surface area contributed by atoms with Crippen molar-refractivity contribution < 1.29 is 9.59 Å². The van der Waals surface area contributed by atoms with Gasteiger partial charge in [0.15, 0.2) is 0 Å². The van der Waals surface area contributed by atoms with Crippen molar-refractivity contribution in [3.63, 3.8) is 0 Å². The number of amides is 2. The first-order valence-electron chi connectivity index (χ1n) is 8.19. The van der Waals surface area contributed by atoms with E-state index in [-0.39, 0.29) is 17.9 Å². The highest BCUT2D eigenvalue weighted by Crippen LogP contribution is 2.24. The Kier molecular flexibility index (Phi) is 5.84. The summed E-state index contributed by atoms with van der Waals surface area (Å²) in [5.74, 6) is -0.483. The second kappa shape index (κ2) is 7.47. The van der Waals surface area contributed by atoms with Crippen LogP contribution in [0.3, 0.4) is 0 Å². The molecule has 23 heavy (non-hydrogen) atoms. The quantitative estimate of drug-likeness (QED) is 0.769. The van der Waals surface area contributed by atoms with Crippen molar-refractivity contribution in [3.8, 4) is 0 Å². The van der Waals surface area contributed by atoms with Gasteiger partial charge in [0, 0.05) is 16.2 Å². The van der Waals surface area contributed by atoms with E-state index in [2.05, 4.69) is 26.6 Å². The standard InChI is InChI=1S/C18H25BrN2O2/c1-12-11-14(9-10-15(12)19)21-17(23)18(2,3)16(22)20-13-7-5-4-6-8-13/h9-11,13H,4-8H2,1-3H3,(H,20,22)(H,21,23). The molecule has 0 aromatic heterocycles. The Balaban J connectivity index is 2.00. The lowest BCUT2D eigenvalue weighted by molar-refractivity contribution is -0.139. The van der Waals surface area contributed by atoms with Crippen LogP contribution in [0.25, 0.3) is 0 Å². The Morgan fingerprint density at radius 2 is 1.78 bits per heavy atom. The van der Waals surface area contributed by atoms with Gasteiger partial charge in [-0.15, -0.1) is 0 Å². The second-order valence-corrected chi connectivity index (χ2v) is 7.71. The van der Waals surface area contributed by atoms with Crippen LogP contribution in [0.15, 0.2) is 22.7 Å². The highest BCUT2D eigenvalue weighted by molar-refractivity contribution is 9.10. The number of halogens is 1. The fraction of sp³-hybridized carbons (Fsp3) is 0.556. The van der Waals surface area contributed by atoms with Gasteiger partial charge in [-0.3, -0.25) is 9.59 Å². The van der Waals surface area contributed by atoms with Gasteiger partial charge in [-0.05, 0) is 57.4 Å². The number of rotatable bonds is 4. The first-order chi connectivity index (χ1) is 10.8. The largest absolute Gasteiger partial charge is 0.352 e. The van der Waals surface area contributed by atoms with Gasteiger partial charge in [0.2, 0.25) is 11.8 Å². The lowest BCUT2D eigenvalue weighted by atomic mass is 9.88. The van der Waals surface area contributed by atoms with Crippen LogP contribution in [0.1, 0.15) is 51.5 Å². The first-order valence-corrected chi connectivity index (χ1v) is 8.98. The maximum absolute atomic E-state index is 12.5. The molecule has 0 saturated heterocycles. The van der Waals surface area contributed by atoms with Gasteiger partial charge in [-0.25, -0.2) is 0 Å². The zero-order valence-corrected chi connectivity index (χ0v) is 15.6. The molecule has 1 aliphatic rings. The van der Waals surface area contributed by atoms with Crippen LogP contribution in [-0.2, 0) is 9.59 Å². The van der Waals surface area contributed by atoms with Gasteiger partial charge in [-0.2, -0.15) is 0 Å². The summed E-state index contributed by atoms with van der Waals surface area (Å²) in [5.41, 5.74) is 0.639. The van der Waals surface area contributed by atoms with Gasteiger partial charge in [0.05, 0.1) is 0 Å². The summed E-state index contributed by atoms with van der Waals surface area (Å²) in [6.07, 6.45) is 5.55. The van der Waals surface area contributed by atoms with Crippen molar-refractivity contribution in [2.45, 2.75) is 58.9 Å². The normalized spacial score (nSPS) is 16.0. The number of hydrogen-bond acceptors (Lipinski definition) is 2. The first kappa shape index (κ1) is 18.0. The Labute approximate surface area is 146 Å². The monoisotopic (exact) mass is 380 g/mol. The topological polar surface area (TPSA) is 58.2 Å². The molecular weight excluding hydrogens is 356 g/mol. The maximum atomic E-state index is 12.5. The van der Waals surface area contributed by atoms with Crippen LogP contribution in [0.4, 0.5) is 5.69 Å². The molecule has 2 N–H and O–H groups in total. The minimum absolute atomic E-state index is 0.198. The van der Waals surface area contributed by atoms with Crippen LogP contribution in [0.2, 0.25) is 0 Å². The average molecular weight is 381 g/mol. The zero-order valence-electron chi connectivity index (χ0n) is 14.0. The van der Waals surface area contributed by atoms with E-state index < -0.39 is 5.41 Å². The third kappa shape index (κ3) is 4.56. The molecule has 1 aromatic rings. The number of aryl methyl sites for hydroxylation is 1. The van der Waals surface area contributed by atoms with Crippen molar-refractivity contribution >= 4 is 33.4 Å². The van der Waals surface area contributed by atoms with Crippen LogP contribution < -0.4 is 10.6 Å².